The highest BCUT2D eigenvalue weighted by atomic mass is 15.1. The first kappa shape index (κ1) is 36.2. The highest BCUT2D eigenvalue weighted by molar-refractivity contribution is 6.02. The molecule has 300 valence electrons. The van der Waals surface area contributed by atoms with Gasteiger partial charge in [0.15, 0.2) is 0 Å². The minimum Gasteiger partial charge on any atom is -0.309 e. The van der Waals surface area contributed by atoms with Crippen molar-refractivity contribution in [2.45, 2.75) is 69.6 Å². The van der Waals surface area contributed by atoms with Gasteiger partial charge in [-0.2, -0.15) is 0 Å². The number of fused-ring (bicyclic) bond motifs is 14. The maximum absolute atomic E-state index is 2.62. The summed E-state index contributed by atoms with van der Waals surface area (Å²) in [5.41, 5.74) is 25.5. The Kier molecular flexibility index (Phi) is 7.48. The van der Waals surface area contributed by atoms with E-state index in [0.29, 0.717) is 5.92 Å². The van der Waals surface area contributed by atoms with Crippen LogP contribution in [0.15, 0.2) is 176 Å². The fourth-order valence-electron chi connectivity index (χ4n) is 13.6. The normalized spacial score (nSPS) is 21.0. The molecule has 62 heavy (non-hydrogen) atoms. The van der Waals surface area contributed by atoms with Gasteiger partial charge in [-0.3, -0.25) is 0 Å². The molecule has 5 aliphatic rings. The van der Waals surface area contributed by atoms with Crippen LogP contribution in [-0.4, -0.2) is 0 Å². The summed E-state index contributed by atoms with van der Waals surface area (Å²) in [7, 11) is 0. The van der Waals surface area contributed by atoms with E-state index in [1.165, 1.54) is 121 Å². The largest absolute Gasteiger partial charge is 0.309 e. The predicted molar refractivity (Wildman–Crippen MR) is 259 cm³/mol. The van der Waals surface area contributed by atoms with Crippen LogP contribution in [0.2, 0.25) is 0 Å². The van der Waals surface area contributed by atoms with Crippen molar-refractivity contribution in [3.8, 4) is 55.6 Å². The molecule has 0 N–H and O–H groups in total. The molecule has 0 radical (unpaired) electrons. The Morgan fingerprint density at radius 3 is 1.74 bits per heavy atom. The van der Waals surface area contributed by atoms with Crippen LogP contribution < -0.4 is 4.90 Å². The van der Waals surface area contributed by atoms with Crippen LogP contribution in [0.4, 0.5) is 17.1 Å². The third-order valence-corrected chi connectivity index (χ3v) is 16.4. The van der Waals surface area contributed by atoms with Crippen LogP contribution in [0.5, 0.6) is 0 Å². The van der Waals surface area contributed by atoms with Crippen molar-refractivity contribution in [2.24, 2.45) is 11.8 Å². The van der Waals surface area contributed by atoms with Crippen LogP contribution in [0.1, 0.15) is 86.8 Å². The molecule has 1 nitrogen and oxygen atoms in total. The van der Waals surface area contributed by atoms with Gasteiger partial charge < -0.3 is 4.90 Å². The fraction of sp³-hybridized carbons (Fsp3) is 0.213. The van der Waals surface area contributed by atoms with Gasteiger partial charge in [0, 0.05) is 33.1 Å². The summed E-state index contributed by atoms with van der Waals surface area (Å²) in [4.78, 5) is 2.62. The van der Waals surface area contributed by atoms with Crippen molar-refractivity contribution in [2.75, 3.05) is 4.90 Å². The molecule has 8 aromatic carbocycles. The third-order valence-electron chi connectivity index (χ3n) is 16.4. The van der Waals surface area contributed by atoms with E-state index in [1.54, 1.807) is 11.1 Å². The summed E-state index contributed by atoms with van der Waals surface area (Å²) in [5.74, 6) is 1.51. The van der Waals surface area contributed by atoms with Gasteiger partial charge in [0.1, 0.15) is 0 Å². The zero-order chi connectivity index (χ0) is 41.5. The van der Waals surface area contributed by atoms with E-state index in [4.69, 9.17) is 0 Å². The standard InChI is InChI=1S/C61H51N/c1-59(2)50-24-10-6-20-47(50)57-46(22-14-26-52(57)59)45-19-8-12-28-55(45)62(56-29-15-27-53-58(56)48-21-7-11-25-51(48)61(53)37-38-30-32-41(61)34-38)42-17-13-16-39(35-42)40-31-33-44-43-18-5-9-23-49(43)60(3,4)54(44)36-40/h5-29,31,33,35-36,38,41H,30,32,34,37H2,1-4H3. The van der Waals surface area contributed by atoms with Gasteiger partial charge in [-0.25, -0.2) is 0 Å². The highest BCUT2D eigenvalue weighted by Crippen LogP contribution is 2.67. The maximum Gasteiger partial charge on any atom is 0.0543 e. The molecule has 0 aromatic heterocycles. The monoisotopic (exact) mass is 797 g/mol. The number of anilines is 3. The number of hydrogen-bond donors (Lipinski definition) is 0. The minimum atomic E-state index is -0.0877. The molecule has 2 saturated carbocycles. The Balaban J connectivity index is 1.05. The van der Waals surface area contributed by atoms with Gasteiger partial charge in [0.2, 0.25) is 0 Å². The molecule has 2 fully saturated rings. The molecule has 13 rings (SSSR count). The second-order valence-electron chi connectivity index (χ2n) is 20.0. The van der Waals surface area contributed by atoms with Crippen molar-refractivity contribution < 1.29 is 0 Å². The second-order valence-corrected chi connectivity index (χ2v) is 20.0. The molecule has 0 aliphatic heterocycles. The molecule has 3 unspecified atom stereocenters. The first-order valence-electron chi connectivity index (χ1n) is 23.0. The van der Waals surface area contributed by atoms with E-state index >= 15 is 0 Å². The molecule has 0 amide bonds. The summed E-state index contributed by atoms with van der Waals surface area (Å²) in [6.45, 7) is 9.54. The zero-order valence-corrected chi connectivity index (χ0v) is 36.2. The predicted octanol–water partition coefficient (Wildman–Crippen LogP) is 16.2. The van der Waals surface area contributed by atoms with Gasteiger partial charge in [0.25, 0.3) is 0 Å². The summed E-state index contributed by atoms with van der Waals surface area (Å²) < 4.78 is 0. The van der Waals surface area contributed by atoms with Gasteiger partial charge in [-0.1, -0.05) is 180 Å². The molecular weight excluding hydrogens is 747 g/mol. The third kappa shape index (κ3) is 4.75. The first-order chi connectivity index (χ1) is 30.2. The molecule has 3 atom stereocenters. The Morgan fingerprint density at radius 2 is 0.968 bits per heavy atom. The van der Waals surface area contributed by atoms with E-state index in [1.807, 2.05) is 0 Å². The van der Waals surface area contributed by atoms with Crippen LogP contribution >= 0.6 is 0 Å². The second kappa shape index (κ2) is 12.8. The average molecular weight is 798 g/mol. The minimum absolute atomic E-state index is 0.0682. The molecule has 1 heteroatoms. The van der Waals surface area contributed by atoms with E-state index in [-0.39, 0.29) is 16.2 Å². The van der Waals surface area contributed by atoms with E-state index in [2.05, 4.69) is 209 Å². The SMILES string of the molecule is CC1(C)c2ccccc2-c2ccc(-c3cccc(N(c4ccccc4-c4cccc5c4-c4ccccc4C5(C)C)c4cccc5c4-c4ccccc4C54CC5CCC4C5)c3)cc21. The van der Waals surface area contributed by atoms with Crippen molar-refractivity contribution in [1.82, 2.24) is 0 Å². The zero-order valence-electron chi connectivity index (χ0n) is 36.2. The summed E-state index contributed by atoms with van der Waals surface area (Å²) >= 11 is 0. The summed E-state index contributed by atoms with van der Waals surface area (Å²) in [6.07, 6.45) is 5.33. The van der Waals surface area contributed by atoms with Gasteiger partial charge >= 0.3 is 0 Å². The average Bonchev–Trinajstić information content (AvgIpc) is 4.10. The van der Waals surface area contributed by atoms with Crippen LogP contribution in [-0.2, 0) is 16.2 Å². The summed E-state index contributed by atoms with van der Waals surface area (Å²) in [5, 5.41) is 0. The number of hydrogen-bond acceptors (Lipinski definition) is 1. The van der Waals surface area contributed by atoms with Crippen molar-refractivity contribution >= 4 is 17.1 Å². The number of benzene rings is 8. The Hall–Kier alpha value is -6.44. The molecule has 8 aromatic rings. The molecule has 2 bridgehead atoms. The van der Waals surface area contributed by atoms with Crippen LogP contribution in [0.3, 0.4) is 0 Å². The summed E-state index contributed by atoms with van der Waals surface area (Å²) in [6, 6.07) is 67.5. The van der Waals surface area contributed by atoms with Crippen LogP contribution in [0.25, 0.3) is 55.6 Å². The molecule has 0 saturated heterocycles. The smallest absolute Gasteiger partial charge is 0.0543 e. The Morgan fingerprint density at radius 1 is 0.403 bits per heavy atom. The fourth-order valence-corrected chi connectivity index (χ4v) is 13.6. The lowest BCUT2D eigenvalue weighted by Crippen LogP contribution is -2.31. The number of rotatable bonds is 5. The Labute approximate surface area is 366 Å². The van der Waals surface area contributed by atoms with E-state index in [9.17, 15) is 0 Å². The van der Waals surface area contributed by atoms with E-state index in [0.717, 1.165) is 5.92 Å². The molecular formula is C61H51N. The quantitative estimate of drug-likeness (QED) is 0.168. The molecule has 1 spiro atoms. The van der Waals surface area contributed by atoms with Gasteiger partial charge in [0.05, 0.1) is 11.4 Å². The molecule has 5 aliphatic carbocycles. The Bertz CT molecular complexity index is 3180. The van der Waals surface area contributed by atoms with E-state index < -0.39 is 0 Å². The van der Waals surface area contributed by atoms with Gasteiger partial charge in [-0.15, -0.1) is 0 Å². The number of para-hydroxylation sites is 1. The topological polar surface area (TPSA) is 3.24 Å². The van der Waals surface area contributed by atoms with Crippen LogP contribution in [0, 0.1) is 11.8 Å². The van der Waals surface area contributed by atoms with Crippen molar-refractivity contribution in [3.63, 3.8) is 0 Å². The number of nitrogens with zero attached hydrogens (tertiary/aromatic N) is 1. The van der Waals surface area contributed by atoms with Crippen molar-refractivity contribution in [1.29, 1.82) is 0 Å². The van der Waals surface area contributed by atoms with Gasteiger partial charge in [-0.05, 0) is 139 Å². The first-order valence-corrected chi connectivity index (χ1v) is 23.0. The highest BCUT2D eigenvalue weighted by Gasteiger charge is 2.57. The van der Waals surface area contributed by atoms with Crippen molar-refractivity contribution in [3.05, 3.63) is 209 Å². The maximum atomic E-state index is 2.62. The molecule has 0 heterocycles. The lowest BCUT2D eigenvalue weighted by atomic mass is 9.67. The lowest BCUT2D eigenvalue weighted by molar-refractivity contribution is 0.327. The lowest BCUT2D eigenvalue weighted by Gasteiger charge is -2.37.